The van der Waals surface area contributed by atoms with Crippen LogP contribution in [0.15, 0.2) is 0 Å². The molecule has 0 aromatic rings. The first-order valence-corrected chi connectivity index (χ1v) is 26.8. The van der Waals surface area contributed by atoms with Gasteiger partial charge >= 0.3 is 0 Å². The Balaban J connectivity index is -0.000000148. The minimum absolute atomic E-state index is 0. The molecule has 0 bridgehead atoms. The Morgan fingerprint density at radius 2 is 0.259 bits per heavy atom. The van der Waals surface area contributed by atoms with Gasteiger partial charge in [-0.05, 0) is 103 Å². The number of hydrogen-bond acceptors (Lipinski definition) is 4. The van der Waals surface area contributed by atoms with Crippen molar-refractivity contribution in [1.29, 1.82) is 0 Å². The summed E-state index contributed by atoms with van der Waals surface area (Å²) < 4.78 is 5.50. The Morgan fingerprint density at radius 3 is 0.293 bits per heavy atom. The highest BCUT2D eigenvalue weighted by Crippen LogP contribution is 2.15. The fourth-order valence-corrected chi connectivity index (χ4v) is 10.3. The largest absolute Gasteiger partial charge is 0.894 e. The molecule has 0 atom stereocenters. The number of nitrogens with zero attached hydrogens (tertiary/aromatic N) is 4. The van der Waals surface area contributed by atoms with E-state index < -0.39 is 9.05 Å². The van der Waals surface area contributed by atoms with Crippen molar-refractivity contribution < 1.29 is 42.6 Å². The van der Waals surface area contributed by atoms with E-state index in [1.54, 1.807) is 0 Å². The zero-order valence-electron chi connectivity index (χ0n) is 43.0. The number of rotatable bonds is 32. The highest BCUT2D eigenvalue weighted by molar-refractivity contribution is 6.38. The van der Waals surface area contributed by atoms with Gasteiger partial charge in [0.15, 0.2) is 0 Å². The van der Waals surface area contributed by atoms with Crippen LogP contribution in [-0.2, 0) is 0 Å². The molecule has 0 rings (SSSR count). The fraction of sp³-hybridized carbons (Fsp3) is 1.00. The third kappa shape index (κ3) is 41.2. The number of quaternary nitrogens is 4. The average molecular weight is 856 g/mol. The van der Waals surface area contributed by atoms with Gasteiger partial charge in [-0.3, -0.25) is 0 Å². The molecule has 0 aromatic carbocycles. The predicted octanol–water partition coefficient (Wildman–Crippen LogP) is 7.81. The van der Waals surface area contributed by atoms with Crippen molar-refractivity contribution in [1.82, 2.24) is 0 Å². The lowest BCUT2D eigenvalue weighted by Crippen LogP contribution is -2.82. The Morgan fingerprint density at radius 1 is 0.207 bits per heavy atom. The van der Waals surface area contributed by atoms with E-state index in [-0.39, 0.29) is 5.48 Å². The van der Waals surface area contributed by atoms with Crippen molar-refractivity contribution in [3.63, 3.8) is 0 Å². The van der Waals surface area contributed by atoms with Crippen LogP contribution in [-0.4, -0.2) is 137 Å². The van der Waals surface area contributed by atoms with Gasteiger partial charge in [0, 0.05) is 0 Å². The molecule has 0 saturated heterocycles. The van der Waals surface area contributed by atoms with E-state index in [0.717, 1.165) is 0 Å². The lowest BCUT2D eigenvalue weighted by Gasteiger charge is -2.67. The van der Waals surface area contributed by atoms with Crippen LogP contribution in [0.2, 0.25) is 0 Å². The summed E-state index contributed by atoms with van der Waals surface area (Å²) in [4.78, 5) is 34.3. The van der Waals surface area contributed by atoms with Crippen molar-refractivity contribution in [2.45, 2.75) is 214 Å². The smallest absolute Gasteiger partial charge is 0.0783 e. The summed E-state index contributed by atoms with van der Waals surface area (Å²) in [5.41, 5.74) is 0. The summed E-state index contributed by atoms with van der Waals surface area (Å²) in [5.74, 6) is 0. The molecule has 0 aliphatic rings. The molecule has 0 saturated carbocycles. The first-order chi connectivity index (χ1) is 27.0. The zero-order chi connectivity index (χ0) is 45.1. The summed E-state index contributed by atoms with van der Waals surface area (Å²) >= 11 is 0. The second-order valence-electron chi connectivity index (χ2n) is 17.4. The van der Waals surface area contributed by atoms with Gasteiger partial charge in [-0.1, -0.05) is 111 Å². The monoisotopic (exact) mass is 855 g/mol. The quantitative estimate of drug-likeness (QED) is 0.0506. The fourth-order valence-electron chi connectivity index (χ4n) is 10.3. The molecule has 0 unspecified atom stereocenters. The van der Waals surface area contributed by atoms with Crippen molar-refractivity contribution in [2.24, 2.45) is 0 Å². The average Bonchev–Trinajstić information content (AvgIpc) is 3.10. The van der Waals surface area contributed by atoms with Gasteiger partial charge in [0.05, 0.1) is 105 Å². The topological polar surface area (TPSA) is 124 Å². The van der Waals surface area contributed by atoms with E-state index in [4.69, 9.17) is 19.2 Å². The maximum absolute atomic E-state index is 8.58. The van der Waals surface area contributed by atoms with E-state index in [1.165, 1.54) is 225 Å². The van der Waals surface area contributed by atoms with Crippen molar-refractivity contribution in [3.05, 3.63) is 0 Å². The standard InChI is InChI=1S/4C12H28N.O4Si.H2O/c4*1-5-9-13(10-6-2,11-7-3)12-8-4;1-5(2,3)4;/h4*5-12H2,1-4H3;;1H2/q4*+1;-4;. The second kappa shape index (κ2) is 46.4. The molecule has 0 radical (unpaired) electrons. The normalized spacial score (nSPS) is 11.8. The molecule has 360 valence electrons. The SMILES string of the molecule is CCC[N+](CCC)(CCC)CCC.CCC[N+](CCC)(CCC)CCC.CCC[N+](CCC)(CCC)CCC.CCC[N+](CCC)(CCC)CCC.O.[O-][Si]([O-])([O-])[O-]. The molecule has 0 amide bonds. The van der Waals surface area contributed by atoms with Crippen molar-refractivity contribution >= 4 is 9.05 Å². The molecule has 0 heterocycles. The van der Waals surface area contributed by atoms with E-state index >= 15 is 0 Å². The summed E-state index contributed by atoms with van der Waals surface area (Å²) in [5, 5.41) is 0. The van der Waals surface area contributed by atoms with Crippen LogP contribution in [0.4, 0.5) is 0 Å². The zero-order valence-corrected chi connectivity index (χ0v) is 44.0. The molecule has 0 aliphatic heterocycles. The van der Waals surface area contributed by atoms with Crippen LogP contribution in [0, 0.1) is 0 Å². The van der Waals surface area contributed by atoms with Crippen LogP contribution >= 0.6 is 0 Å². The lowest BCUT2D eigenvalue weighted by molar-refractivity contribution is -0.928. The van der Waals surface area contributed by atoms with Gasteiger partial charge < -0.3 is 51.6 Å². The lowest BCUT2D eigenvalue weighted by atomic mass is 10.2. The highest BCUT2D eigenvalue weighted by Gasteiger charge is 2.25. The molecule has 0 spiro atoms. The summed E-state index contributed by atoms with van der Waals surface area (Å²) in [6, 6.07) is 0. The van der Waals surface area contributed by atoms with Gasteiger partial charge in [-0.15, -0.1) is 0 Å². The molecule has 10 heteroatoms. The van der Waals surface area contributed by atoms with E-state index in [9.17, 15) is 0 Å². The molecule has 58 heavy (non-hydrogen) atoms. The van der Waals surface area contributed by atoms with Crippen LogP contribution in [0.25, 0.3) is 0 Å². The molecule has 9 nitrogen and oxygen atoms in total. The third-order valence-electron chi connectivity index (χ3n) is 11.2. The van der Waals surface area contributed by atoms with Gasteiger partial charge in [0.2, 0.25) is 0 Å². The molecule has 0 aromatic heterocycles. The summed E-state index contributed by atoms with van der Waals surface area (Å²) in [7, 11) is -5.61. The second-order valence-corrected chi connectivity index (χ2v) is 18.4. The summed E-state index contributed by atoms with van der Waals surface area (Å²) in [6.45, 7) is 59.2. The van der Waals surface area contributed by atoms with E-state index in [0.29, 0.717) is 0 Å². The van der Waals surface area contributed by atoms with E-state index in [2.05, 4.69) is 111 Å². The number of hydrogen-bond donors (Lipinski definition) is 0. The molecule has 0 aliphatic carbocycles. The van der Waals surface area contributed by atoms with Gasteiger partial charge in [-0.2, -0.15) is 0 Å². The predicted molar refractivity (Wildman–Crippen MR) is 253 cm³/mol. The van der Waals surface area contributed by atoms with Gasteiger partial charge in [0.25, 0.3) is 0 Å². The van der Waals surface area contributed by atoms with Gasteiger partial charge in [0.1, 0.15) is 0 Å². The Kier molecular flexibility index (Phi) is 55.6. The molecular formula is C48H114N4O5Si. The first-order valence-electron chi connectivity index (χ1n) is 25.2. The molecule has 0 fully saturated rings. The Bertz CT molecular complexity index is 537. The van der Waals surface area contributed by atoms with Crippen molar-refractivity contribution in [3.8, 4) is 0 Å². The minimum atomic E-state index is -5.61. The first kappa shape index (κ1) is 69.6. The molecule has 2 N–H and O–H groups in total. The minimum Gasteiger partial charge on any atom is -0.894 e. The maximum atomic E-state index is 8.58. The third-order valence-corrected chi connectivity index (χ3v) is 11.2. The van der Waals surface area contributed by atoms with Gasteiger partial charge in [-0.25, -0.2) is 0 Å². The Hall–Kier alpha value is -0.143. The molecular weight excluding hydrogens is 741 g/mol. The van der Waals surface area contributed by atoms with Crippen LogP contribution < -0.4 is 19.2 Å². The maximum Gasteiger partial charge on any atom is 0.0783 e. The van der Waals surface area contributed by atoms with Crippen LogP contribution in [0.1, 0.15) is 214 Å². The van der Waals surface area contributed by atoms with Crippen LogP contribution in [0.3, 0.4) is 0 Å². The highest BCUT2D eigenvalue weighted by atomic mass is 28.4. The van der Waals surface area contributed by atoms with E-state index in [1.807, 2.05) is 0 Å². The Labute approximate surface area is 368 Å². The summed E-state index contributed by atoms with van der Waals surface area (Å²) in [6.07, 6.45) is 21.3. The van der Waals surface area contributed by atoms with Crippen molar-refractivity contribution in [2.75, 3.05) is 105 Å². The van der Waals surface area contributed by atoms with Crippen LogP contribution in [0.5, 0.6) is 0 Å².